The second kappa shape index (κ2) is 8.06. The van der Waals surface area contributed by atoms with Crippen LogP contribution in [0.25, 0.3) is 0 Å². The smallest absolute Gasteiger partial charge is 0.305 e. The molecule has 0 aromatic carbocycles. The number of carboxylic acid groups (broad SMARTS) is 1. The fourth-order valence-corrected chi connectivity index (χ4v) is 1.91. The number of amides is 1. The fraction of sp³-hybridized carbons (Fsp3) is 0.833. The Morgan fingerprint density at radius 1 is 1.29 bits per heavy atom. The Morgan fingerprint density at radius 2 is 1.88 bits per heavy atom. The molecule has 0 aliphatic heterocycles. The van der Waals surface area contributed by atoms with Crippen molar-refractivity contribution in [1.82, 2.24) is 4.90 Å². The minimum absolute atomic E-state index is 0.0252. The van der Waals surface area contributed by atoms with Crippen LogP contribution in [-0.2, 0) is 9.59 Å². The summed E-state index contributed by atoms with van der Waals surface area (Å²) >= 11 is 0. The van der Waals surface area contributed by atoms with Gasteiger partial charge in [-0.25, -0.2) is 0 Å². The molecule has 2 unspecified atom stereocenters. The monoisotopic (exact) mass is 244 g/mol. The summed E-state index contributed by atoms with van der Waals surface area (Å²) in [7, 11) is 0. The molecule has 0 heterocycles. The molecule has 2 atom stereocenters. The van der Waals surface area contributed by atoms with E-state index in [0.717, 1.165) is 12.8 Å². The summed E-state index contributed by atoms with van der Waals surface area (Å²) in [5.41, 5.74) is 5.82. The standard InChI is InChI=1S/C12H24N2O3/c1-4-6-10(13)8-11(15)14(5-2)9(3)7-12(16)17/h9-10H,4-8,13H2,1-3H3,(H,16,17). The number of hydrogen-bond acceptors (Lipinski definition) is 3. The summed E-state index contributed by atoms with van der Waals surface area (Å²) in [5, 5.41) is 8.71. The van der Waals surface area contributed by atoms with Gasteiger partial charge in [0.15, 0.2) is 0 Å². The summed E-state index contributed by atoms with van der Waals surface area (Å²) in [6, 6.07) is -0.405. The van der Waals surface area contributed by atoms with Gasteiger partial charge < -0.3 is 15.7 Å². The summed E-state index contributed by atoms with van der Waals surface area (Å²) in [6.45, 7) is 6.14. The Bertz CT molecular complexity index is 256. The lowest BCUT2D eigenvalue weighted by Gasteiger charge is -2.28. The number of carboxylic acids is 1. The molecule has 0 aliphatic rings. The minimum atomic E-state index is -0.887. The van der Waals surface area contributed by atoms with Crippen molar-refractivity contribution in [3.8, 4) is 0 Å². The summed E-state index contributed by atoms with van der Waals surface area (Å²) in [4.78, 5) is 24.1. The lowest BCUT2D eigenvalue weighted by molar-refractivity contribution is -0.140. The van der Waals surface area contributed by atoms with Gasteiger partial charge in [0.2, 0.25) is 5.91 Å². The number of aliphatic carboxylic acids is 1. The van der Waals surface area contributed by atoms with Crippen LogP contribution in [-0.4, -0.2) is 40.5 Å². The number of carbonyl (C=O) groups is 2. The molecule has 0 radical (unpaired) electrons. The highest BCUT2D eigenvalue weighted by Crippen LogP contribution is 2.09. The predicted octanol–water partition coefficient (Wildman–Crippen LogP) is 1.22. The molecule has 0 aromatic heterocycles. The van der Waals surface area contributed by atoms with Crippen LogP contribution in [0.2, 0.25) is 0 Å². The molecule has 100 valence electrons. The van der Waals surface area contributed by atoms with Crippen molar-refractivity contribution < 1.29 is 14.7 Å². The van der Waals surface area contributed by atoms with E-state index in [1.54, 1.807) is 11.8 Å². The first kappa shape index (κ1) is 15.9. The largest absolute Gasteiger partial charge is 0.481 e. The third-order valence-electron chi connectivity index (χ3n) is 2.76. The molecule has 0 fully saturated rings. The molecule has 17 heavy (non-hydrogen) atoms. The first-order valence-electron chi connectivity index (χ1n) is 6.19. The second-order valence-corrected chi connectivity index (χ2v) is 4.38. The van der Waals surface area contributed by atoms with Crippen LogP contribution in [0.4, 0.5) is 0 Å². The van der Waals surface area contributed by atoms with E-state index in [9.17, 15) is 9.59 Å². The predicted molar refractivity (Wildman–Crippen MR) is 66.6 cm³/mol. The molecular formula is C12H24N2O3. The molecule has 0 saturated heterocycles. The third-order valence-corrected chi connectivity index (χ3v) is 2.76. The van der Waals surface area contributed by atoms with Gasteiger partial charge in [-0.05, 0) is 20.3 Å². The van der Waals surface area contributed by atoms with Gasteiger partial charge in [0.05, 0.1) is 6.42 Å². The Morgan fingerprint density at radius 3 is 2.29 bits per heavy atom. The molecule has 1 amide bonds. The molecule has 0 aliphatic carbocycles. The molecule has 5 heteroatoms. The Labute approximate surface area is 103 Å². The van der Waals surface area contributed by atoms with Crippen molar-refractivity contribution >= 4 is 11.9 Å². The number of carbonyl (C=O) groups excluding carboxylic acids is 1. The van der Waals surface area contributed by atoms with E-state index in [1.807, 2.05) is 13.8 Å². The molecule has 0 aromatic rings. The highest BCUT2D eigenvalue weighted by Gasteiger charge is 2.21. The van der Waals surface area contributed by atoms with E-state index in [0.29, 0.717) is 13.0 Å². The van der Waals surface area contributed by atoms with Crippen molar-refractivity contribution in [1.29, 1.82) is 0 Å². The first-order valence-corrected chi connectivity index (χ1v) is 6.19. The maximum absolute atomic E-state index is 11.9. The molecule has 0 rings (SSSR count). The number of hydrogen-bond donors (Lipinski definition) is 2. The van der Waals surface area contributed by atoms with E-state index in [4.69, 9.17) is 10.8 Å². The number of nitrogens with two attached hydrogens (primary N) is 1. The fourth-order valence-electron chi connectivity index (χ4n) is 1.91. The lowest BCUT2D eigenvalue weighted by atomic mass is 10.1. The topological polar surface area (TPSA) is 83.6 Å². The normalized spacial score (nSPS) is 14.1. The third kappa shape index (κ3) is 6.26. The quantitative estimate of drug-likeness (QED) is 0.672. The van der Waals surface area contributed by atoms with Crippen molar-refractivity contribution in [2.24, 2.45) is 5.73 Å². The highest BCUT2D eigenvalue weighted by atomic mass is 16.4. The van der Waals surface area contributed by atoms with Gasteiger partial charge in [0.25, 0.3) is 0 Å². The zero-order chi connectivity index (χ0) is 13.4. The maximum atomic E-state index is 11.9. The van der Waals surface area contributed by atoms with E-state index < -0.39 is 5.97 Å². The highest BCUT2D eigenvalue weighted by molar-refractivity contribution is 5.78. The van der Waals surface area contributed by atoms with E-state index in [2.05, 4.69) is 0 Å². The van der Waals surface area contributed by atoms with Crippen molar-refractivity contribution in [3.63, 3.8) is 0 Å². The van der Waals surface area contributed by atoms with Crippen LogP contribution in [0.3, 0.4) is 0 Å². The number of nitrogens with zero attached hydrogens (tertiary/aromatic N) is 1. The van der Waals surface area contributed by atoms with Crippen molar-refractivity contribution in [2.45, 2.75) is 58.5 Å². The van der Waals surface area contributed by atoms with Crippen molar-refractivity contribution in [3.05, 3.63) is 0 Å². The van der Waals surface area contributed by atoms with Gasteiger partial charge in [0, 0.05) is 25.0 Å². The average molecular weight is 244 g/mol. The van der Waals surface area contributed by atoms with Crippen LogP contribution < -0.4 is 5.73 Å². The van der Waals surface area contributed by atoms with Gasteiger partial charge in [-0.2, -0.15) is 0 Å². The average Bonchev–Trinajstić information content (AvgIpc) is 2.17. The maximum Gasteiger partial charge on any atom is 0.305 e. The summed E-state index contributed by atoms with van der Waals surface area (Å²) in [6.07, 6.45) is 2.04. The molecule has 0 bridgehead atoms. The van der Waals surface area contributed by atoms with Gasteiger partial charge >= 0.3 is 5.97 Å². The Kier molecular flexibility index (Phi) is 7.54. The van der Waals surface area contributed by atoms with Crippen LogP contribution in [0.1, 0.15) is 46.5 Å². The van der Waals surface area contributed by atoms with Gasteiger partial charge in [-0.1, -0.05) is 13.3 Å². The van der Waals surface area contributed by atoms with E-state index >= 15 is 0 Å². The van der Waals surface area contributed by atoms with Crippen LogP contribution in [0.15, 0.2) is 0 Å². The minimum Gasteiger partial charge on any atom is -0.481 e. The van der Waals surface area contributed by atoms with Crippen molar-refractivity contribution in [2.75, 3.05) is 6.54 Å². The summed E-state index contributed by atoms with van der Waals surface area (Å²) < 4.78 is 0. The molecule has 3 N–H and O–H groups in total. The van der Waals surface area contributed by atoms with Crippen LogP contribution in [0, 0.1) is 0 Å². The van der Waals surface area contributed by atoms with Crippen LogP contribution in [0.5, 0.6) is 0 Å². The first-order chi connectivity index (χ1) is 7.92. The lowest BCUT2D eigenvalue weighted by Crippen LogP contribution is -2.42. The Balaban J connectivity index is 4.33. The molecule has 0 spiro atoms. The van der Waals surface area contributed by atoms with Crippen LogP contribution >= 0.6 is 0 Å². The van der Waals surface area contributed by atoms with Gasteiger partial charge in [0.1, 0.15) is 0 Å². The summed E-state index contributed by atoms with van der Waals surface area (Å²) in [5.74, 6) is -0.941. The molecule has 0 saturated carbocycles. The number of rotatable bonds is 8. The SMILES string of the molecule is CCCC(N)CC(=O)N(CC)C(C)CC(=O)O. The van der Waals surface area contributed by atoms with Gasteiger partial charge in [-0.3, -0.25) is 9.59 Å². The Hall–Kier alpha value is -1.10. The second-order valence-electron chi connectivity index (χ2n) is 4.38. The van der Waals surface area contributed by atoms with E-state index in [-0.39, 0.29) is 24.4 Å². The zero-order valence-electron chi connectivity index (χ0n) is 11.0. The van der Waals surface area contributed by atoms with E-state index in [1.165, 1.54) is 0 Å². The molecule has 5 nitrogen and oxygen atoms in total. The zero-order valence-corrected chi connectivity index (χ0v) is 11.0. The molecular weight excluding hydrogens is 220 g/mol. The van der Waals surface area contributed by atoms with Gasteiger partial charge in [-0.15, -0.1) is 0 Å².